The Bertz CT molecular complexity index is 351. The van der Waals surface area contributed by atoms with Gasteiger partial charge in [0.05, 0.1) is 12.3 Å². The molecular formula is C9H11NO3S. The topological polar surface area (TPSA) is 56.3 Å². The van der Waals surface area contributed by atoms with Crippen molar-refractivity contribution in [2.24, 2.45) is 0 Å². The molecule has 0 spiro atoms. The van der Waals surface area contributed by atoms with E-state index in [1.54, 1.807) is 13.8 Å². The molecule has 0 aliphatic carbocycles. The fourth-order valence-corrected chi connectivity index (χ4v) is 1.70. The van der Waals surface area contributed by atoms with Crippen molar-refractivity contribution in [2.75, 3.05) is 6.61 Å². The van der Waals surface area contributed by atoms with Gasteiger partial charge in [-0.25, -0.2) is 9.78 Å². The van der Waals surface area contributed by atoms with Crippen molar-refractivity contribution in [3.8, 4) is 0 Å². The van der Waals surface area contributed by atoms with E-state index in [9.17, 15) is 9.59 Å². The molecule has 5 heteroatoms. The number of ketones is 1. The Morgan fingerprint density at radius 1 is 1.43 bits per heavy atom. The second kappa shape index (κ2) is 4.32. The van der Waals surface area contributed by atoms with Gasteiger partial charge < -0.3 is 4.74 Å². The third kappa shape index (κ3) is 2.17. The van der Waals surface area contributed by atoms with Gasteiger partial charge in [0, 0.05) is 4.88 Å². The Morgan fingerprint density at radius 2 is 2.07 bits per heavy atom. The van der Waals surface area contributed by atoms with Crippen molar-refractivity contribution in [3.05, 3.63) is 15.6 Å². The summed E-state index contributed by atoms with van der Waals surface area (Å²) in [4.78, 5) is 27.4. The maximum absolute atomic E-state index is 11.4. The maximum Gasteiger partial charge on any atom is 0.382 e. The molecule has 0 aliphatic rings. The Labute approximate surface area is 85.9 Å². The number of ether oxygens (including phenoxy) is 1. The second-order valence-electron chi connectivity index (χ2n) is 2.71. The highest BCUT2D eigenvalue weighted by Gasteiger charge is 2.21. The van der Waals surface area contributed by atoms with Gasteiger partial charge in [-0.05, 0) is 20.8 Å². The lowest BCUT2D eigenvalue weighted by Gasteiger charge is -1.96. The molecule has 0 aliphatic heterocycles. The summed E-state index contributed by atoms with van der Waals surface area (Å²) in [7, 11) is 0. The van der Waals surface area contributed by atoms with E-state index in [-0.39, 0.29) is 11.6 Å². The molecule has 0 saturated carbocycles. The molecule has 76 valence electrons. The van der Waals surface area contributed by atoms with E-state index >= 15 is 0 Å². The standard InChI is InChI=1S/C9H11NO3S/c1-4-13-9(12)7(11)8-10-5(2)6(3)14-8/h4H2,1-3H3. The average Bonchev–Trinajstić information content (AvgIpc) is 2.46. The molecule has 0 radical (unpaired) electrons. The number of nitrogens with zero attached hydrogens (tertiary/aromatic N) is 1. The molecule has 0 N–H and O–H groups in total. The summed E-state index contributed by atoms with van der Waals surface area (Å²) >= 11 is 1.22. The minimum absolute atomic E-state index is 0.202. The Kier molecular flexibility index (Phi) is 3.35. The molecule has 1 aromatic heterocycles. The minimum Gasteiger partial charge on any atom is -0.460 e. The highest BCUT2D eigenvalue weighted by molar-refractivity contribution is 7.14. The Hall–Kier alpha value is -1.23. The van der Waals surface area contributed by atoms with Crippen LogP contribution in [0, 0.1) is 13.8 Å². The minimum atomic E-state index is -0.832. The summed E-state index contributed by atoms with van der Waals surface area (Å²) in [6.45, 7) is 5.51. The first-order chi connectivity index (χ1) is 6.56. The van der Waals surface area contributed by atoms with Gasteiger partial charge in [0.1, 0.15) is 0 Å². The first kappa shape index (κ1) is 10.8. The SMILES string of the molecule is CCOC(=O)C(=O)c1nc(C)c(C)s1. The molecule has 1 aromatic rings. The van der Waals surface area contributed by atoms with Crippen LogP contribution in [-0.4, -0.2) is 23.3 Å². The van der Waals surface area contributed by atoms with Gasteiger partial charge in [0.25, 0.3) is 5.78 Å². The van der Waals surface area contributed by atoms with E-state index in [1.807, 2.05) is 6.92 Å². The number of Topliss-reactive ketones (excluding diaryl/α,β-unsaturated/α-hetero) is 1. The van der Waals surface area contributed by atoms with Gasteiger partial charge in [-0.3, -0.25) is 4.79 Å². The van der Waals surface area contributed by atoms with Gasteiger partial charge in [-0.15, -0.1) is 11.3 Å². The molecule has 0 bridgehead atoms. The molecule has 0 saturated heterocycles. The van der Waals surface area contributed by atoms with Gasteiger partial charge in [0.2, 0.25) is 0 Å². The van der Waals surface area contributed by atoms with Crippen molar-refractivity contribution in [2.45, 2.75) is 20.8 Å². The molecule has 0 fully saturated rings. The van der Waals surface area contributed by atoms with Gasteiger partial charge in [-0.1, -0.05) is 0 Å². The van der Waals surface area contributed by atoms with E-state index in [1.165, 1.54) is 11.3 Å². The van der Waals surface area contributed by atoms with Crippen molar-refractivity contribution in [1.29, 1.82) is 0 Å². The summed E-state index contributed by atoms with van der Waals surface area (Å²) in [5, 5.41) is 0.207. The quantitative estimate of drug-likeness (QED) is 0.434. The molecule has 1 rings (SSSR count). The predicted molar refractivity (Wildman–Crippen MR) is 52.6 cm³/mol. The lowest BCUT2D eigenvalue weighted by Crippen LogP contribution is -2.17. The molecule has 1 heterocycles. The second-order valence-corrected chi connectivity index (χ2v) is 3.91. The largest absolute Gasteiger partial charge is 0.460 e. The Morgan fingerprint density at radius 3 is 2.50 bits per heavy atom. The molecule has 0 aromatic carbocycles. The molecule has 4 nitrogen and oxygen atoms in total. The number of carbonyl (C=O) groups excluding carboxylic acids is 2. The van der Waals surface area contributed by atoms with E-state index in [0.717, 1.165) is 10.6 Å². The van der Waals surface area contributed by atoms with Crippen LogP contribution in [0.15, 0.2) is 0 Å². The predicted octanol–water partition coefficient (Wildman–Crippen LogP) is 1.51. The summed E-state index contributed by atoms with van der Waals surface area (Å²) in [6.07, 6.45) is 0. The monoisotopic (exact) mass is 213 g/mol. The van der Waals surface area contributed by atoms with Crippen molar-refractivity contribution in [3.63, 3.8) is 0 Å². The van der Waals surface area contributed by atoms with Gasteiger partial charge in [0.15, 0.2) is 5.01 Å². The van der Waals surface area contributed by atoms with E-state index in [4.69, 9.17) is 0 Å². The first-order valence-corrected chi connectivity index (χ1v) is 5.03. The number of aromatic nitrogens is 1. The number of hydrogen-bond acceptors (Lipinski definition) is 5. The lowest BCUT2D eigenvalue weighted by molar-refractivity contribution is -0.137. The van der Waals surface area contributed by atoms with Crippen LogP contribution >= 0.6 is 11.3 Å². The summed E-state index contributed by atoms with van der Waals surface area (Å²) < 4.78 is 4.59. The van der Waals surface area contributed by atoms with Crippen LogP contribution in [0.5, 0.6) is 0 Å². The highest BCUT2D eigenvalue weighted by atomic mass is 32.1. The van der Waals surface area contributed by atoms with Crippen LogP contribution in [-0.2, 0) is 9.53 Å². The van der Waals surface area contributed by atoms with Crippen LogP contribution < -0.4 is 0 Å². The van der Waals surface area contributed by atoms with Crippen LogP contribution in [0.25, 0.3) is 0 Å². The number of esters is 1. The Balaban J connectivity index is 2.84. The van der Waals surface area contributed by atoms with E-state index in [2.05, 4.69) is 9.72 Å². The zero-order valence-electron chi connectivity index (χ0n) is 8.29. The smallest absolute Gasteiger partial charge is 0.382 e. The molecule has 0 amide bonds. The zero-order chi connectivity index (χ0) is 10.7. The zero-order valence-corrected chi connectivity index (χ0v) is 9.10. The average molecular weight is 213 g/mol. The third-order valence-electron chi connectivity index (χ3n) is 1.68. The summed E-state index contributed by atoms with van der Waals surface area (Å²) in [5.74, 6) is -1.49. The van der Waals surface area contributed by atoms with E-state index < -0.39 is 11.8 Å². The van der Waals surface area contributed by atoms with Crippen LogP contribution in [0.3, 0.4) is 0 Å². The molecule has 0 unspecified atom stereocenters. The van der Waals surface area contributed by atoms with Crippen molar-refractivity contribution >= 4 is 23.1 Å². The highest BCUT2D eigenvalue weighted by Crippen LogP contribution is 2.17. The molecular weight excluding hydrogens is 202 g/mol. The summed E-state index contributed by atoms with van der Waals surface area (Å²) in [6, 6.07) is 0. The summed E-state index contributed by atoms with van der Waals surface area (Å²) in [5.41, 5.74) is 0.780. The number of aryl methyl sites for hydroxylation is 2. The molecule has 0 atom stereocenters. The fourth-order valence-electron chi connectivity index (χ4n) is 0.854. The van der Waals surface area contributed by atoms with Crippen molar-refractivity contribution < 1.29 is 14.3 Å². The van der Waals surface area contributed by atoms with Gasteiger partial charge >= 0.3 is 5.97 Å². The van der Waals surface area contributed by atoms with Crippen LogP contribution in [0.2, 0.25) is 0 Å². The number of carbonyl (C=O) groups is 2. The maximum atomic E-state index is 11.4. The van der Waals surface area contributed by atoms with Crippen LogP contribution in [0.4, 0.5) is 0 Å². The van der Waals surface area contributed by atoms with Crippen LogP contribution in [0.1, 0.15) is 27.3 Å². The molecule has 14 heavy (non-hydrogen) atoms. The first-order valence-electron chi connectivity index (χ1n) is 4.21. The third-order valence-corrected chi connectivity index (χ3v) is 2.76. The van der Waals surface area contributed by atoms with Gasteiger partial charge in [-0.2, -0.15) is 0 Å². The number of thiazole rings is 1. The lowest BCUT2D eigenvalue weighted by atomic mass is 10.4. The normalized spacial score (nSPS) is 9.93. The fraction of sp³-hybridized carbons (Fsp3) is 0.444. The van der Waals surface area contributed by atoms with Crippen molar-refractivity contribution in [1.82, 2.24) is 4.98 Å². The number of rotatable bonds is 3. The number of hydrogen-bond donors (Lipinski definition) is 0. The van der Waals surface area contributed by atoms with E-state index in [0.29, 0.717) is 0 Å².